The molecular weight excluding hydrogens is 226 g/mol. The van der Waals surface area contributed by atoms with Crippen molar-refractivity contribution in [1.29, 1.82) is 0 Å². The summed E-state index contributed by atoms with van der Waals surface area (Å²) in [5, 5.41) is 17.7. The van der Waals surface area contributed by atoms with Crippen LogP contribution in [0.4, 0.5) is 0 Å². The summed E-state index contributed by atoms with van der Waals surface area (Å²) in [4.78, 5) is 0. The van der Waals surface area contributed by atoms with Crippen LogP contribution in [0.3, 0.4) is 0 Å². The normalized spacial score (nSPS) is 15.0. The molecular formula is C14H17N3O. The Balaban J connectivity index is 2.13. The number of hydrogen-bond donors (Lipinski definition) is 1. The molecule has 0 radical (unpaired) electrons. The Morgan fingerprint density at radius 2 is 2.06 bits per heavy atom. The summed E-state index contributed by atoms with van der Waals surface area (Å²) in [5.74, 6) is 1.58. The number of aromatic nitrogens is 3. The second-order valence-corrected chi connectivity index (χ2v) is 4.71. The lowest BCUT2D eigenvalue weighted by Gasteiger charge is -2.10. The molecule has 1 aliphatic carbocycles. The molecule has 0 spiro atoms. The van der Waals surface area contributed by atoms with Crippen LogP contribution in [-0.4, -0.2) is 19.9 Å². The summed E-state index contributed by atoms with van der Waals surface area (Å²) in [6.07, 6.45) is 3.29. The maximum Gasteiger partial charge on any atom is 0.164 e. The molecule has 1 saturated carbocycles. The molecule has 1 N–H and O–H groups in total. The van der Waals surface area contributed by atoms with Crippen LogP contribution in [0.2, 0.25) is 0 Å². The zero-order valence-corrected chi connectivity index (χ0v) is 10.5. The minimum absolute atomic E-state index is 0.0439. The van der Waals surface area contributed by atoms with Gasteiger partial charge in [-0.2, -0.15) is 0 Å². The Kier molecular flexibility index (Phi) is 2.88. The third kappa shape index (κ3) is 1.82. The molecule has 0 atom stereocenters. The molecule has 94 valence electrons. The molecule has 1 heterocycles. The Morgan fingerprint density at radius 1 is 1.28 bits per heavy atom. The van der Waals surface area contributed by atoms with E-state index in [-0.39, 0.29) is 6.61 Å². The summed E-state index contributed by atoms with van der Waals surface area (Å²) < 4.78 is 2.11. The number of nitrogens with zero attached hydrogens (tertiary/aromatic N) is 3. The number of hydrogen-bond acceptors (Lipinski definition) is 3. The maximum absolute atomic E-state index is 9.36. The Bertz CT molecular complexity index is 558. The van der Waals surface area contributed by atoms with E-state index >= 15 is 0 Å². The van der Waals surface area contributed by atoms with Gasteiger partial charge in [0.15, 0.2) is 11.6 Å². The Morgan fingerprint density at radius 3 is 2.72 bits per heavy atom. The van der Waals surface area contributed by atoms with E-state index in [1.807, 2.05) is 12.1 Å². The van der Waals surface area contributed by atoms with Crippen molar-refractivity contribution in [3.8, 4) is 11.4 Å². The van der Waals surface area contributed by atoms with Crippen LogP contribution in [0.25, 0.3) is 11.4 Å². The smallest absolute Gasteiger partial charge is 0.164 e. The predicted octanol–water partition coefficient (Wildman–Crippen LogP) is 2.33. The van der Waals surface area contributed by atoms with E-state index in [0.717, 1.165) is 30.7 Å². The monoisotopic (exact) mass is 243 g/mol. The third-order valence-corrected chi connectivity index (χ3v) is 3.46. The predicted molar refractivity (Wildman–Crippen MR) is 69.0 cm³/mol. The Hall–Kier alpha value is -1.68. The molecule has 0 bridgehead atoms. The quantitative estimate of drug-likeness (QED) is 0.896. The van der Waals surface area contributed by atoms with Crippen molar-refractivity contribution in [3.05, 3.63) is 35.7 Å². The van der Waals surface area contributed by atoms with Gasteiger partial charge >= 0.3 is 0 Å². The molecule has 0 saturated heterocycles. The van der Waals surface area contributed by atoms with Gasteiger partial charge in [0.25, 0.3) is 0 Å². The van der Waals surface area contributed by atoms with Crippen LogP contribution in [0.1, 0.15) is 37.2 Å². The minimum atomic E-state index is -0.0439. The highest BCUT2D eigenvalue weighted by molar-refractivity contribution is 5.61. The van der Waals surface area contributed by atoms with Crippen LogP contribution < -0.4 is 0 Å². The maximum atomic E-state index is 9.36. The van der Waals surface area contributed by atoms with Crippen molar-refractivity contribution < 1.29 is 5.11 Å². The molecule has 2 aromatic rings. The van der Waals surface area contributed by atoms with Gasteiger partial charge in [-0.1, -0.05) is 31.2 Å². The lowest BCUT2D eigenvalue weighted by atomic mass is 10.0. The van der Waals surface area contributed by atoms with E-state index in [9.17, 15) is 5.11 Å². The van der Waals surface area contributed by atoms with Crippen molar-refractivity contribution in [2.75, 3.05) is 0 Å². The van der Waals surface area contributed by atoms with Crippen molar-refractivity contribution in [2.45, 2.75) is 38.8 Å². The van der Waals surface area contributed by atoms with E-state index in [1.165, 1.54) is 5.56 Å². The van der Waals surface area contributed by atoms with Gasteiger partial charge < -0.3 is 9.67 Å². The van der Waals surface area contributed by atoms with E-state index in [2.05, 4.69) is 33.8 Å². The summed E-state index contributed by atoms with van der Waals surface area (Å²) in [6, 6.07) is 8.76. The number of aliphatic hydroxyl groups is 1. The van der Waals surface area contributed by atoms with Gasteiger partial charge in [-0.25, -0.2) is 0 Å². The first kappa shape index (κ1) is 11.4. The van der Waals surface area contributed by atoms with Crippen molar-refractivity contribution >= 4 is 0 Å². The van der Waals surface area contributed by atoms with Gasteiger partial charge in [-0.3, -0.25) is 0 Å². The first-order chi connectivity index (χ1) is 8.85. The first-order valence-corrected chi connectivity index (χ1v) is 6.48. The van der Waals surface area contributed by atoms with E-state index in [1.54, 1.807) is 0 Å². The lowest BCUT2D eigenvalue weighted by Crippen LogP contribution is -2.04. The van der Waals surface area contributed by atoms with E-state index < -0.39 is 0 Å². The highest BCUT2D eigenvalue weighted by Gasteiger charge is 2.30. The van der Waals surface area contributed by atoms with Crippen molar-refractivity contribution in [1.82, 2.24) is 14.8 Å². The molecule has 0 unspecified atom stereocenters. The SMILES string of the molecule is CCc1ccccc1-c1nnc(CO)n1C1CC1. The molecule has 1 aromatic heterocycles. The first-order valence-electron chi connectivity index (χ1n) is 6.48. The van der Waals surface area contributed by atoms with Crippen molar-refractivity contribution in [2.24, 2.45) is 0 Å². The number of aliphatic hydroxyl groups excluding tert-OH is 1. The van der Waals surface area contributed by atoms with Crippen LogP contribution in [0, 0.1) is 0 Å². The lowest BCUT2D eigenvalue weighted by molar-refractivity contribution is 0.265. The standard InChI is InChI=1S/C14H17N3O/c1-2-10-5-3-4-6-12(10)14-16-15-13(9-18)17(14)11-7-8-11/h3-6,11,18H,2,7-9H2,1H3. The topological polar surface area (TPSA) is 50.9 Å². The highest BCUT2D eigenvalue weighted by Crippen LogP contribution is 2.39. The molecule has 4 nitrogen and oxygen atoms in total. The van der Waals surface area contributed by atoms with Gasteiger partial charge in [-0.05, 0) is 24.8 Å². The minimum Gasteiger partial charge on any atom is -0.388 e. The molecule has 3 rings (SSSR count). The molecule has 18 heavy (non-hydrogen) atoms. The third-order valence-electron chi connectivity index (χ3n) is 3.46. The van der Waals surface area contributed by atoms with Crippen LogP contribution >= 0.6 is 0 Å². The largest absolute Gasteiger partial charge is 0.388 e. The van der Waals surface area contributed by atoms with Crippen LogP contribution in [-0.2, 0) is 13.0 Å². The highest BCUT2D eigenvalue weighted by atomic mass is 16.3. The summed E-state index contributed by atoms with van der Waals surface area (Å²) in [6.45, 7) is 2.10. The molecule has 4 heteroatoms. The average Bonchev–Trinajstić information content (AvgIpc) is 3.17. The number of aryl methyl sites for hydroxylation is 1. The number of benzene rings is 1. The zero-order chi connectivity index (χ0) is 12.5. The average molecular weight is 243 g/mol. The second-order valence-electron chi connectivity index (χ2n) is 4.71. The van der Waals surface area contributed by atoms with Gasteiger partial charge in [-0.15, -0.1) is 10.2 Å². The fourth-order valence-electron chi connectivity index (χ4n) is 2.38. The zero-order valence-electron chi connectivity index (χ0n) is 10.5. The van der Waals surface area contributed by atoms with E-state index in [0.29, 0.717) is 11.9 Å². The Labute approximate surface area is 106 Å². The molecule has 1 fully saturated rings. The second kappa shape index (κ2) is 4.53. The summed E-state index contributed by atoms with van der Waals surface area (Å²) in [7, 11) is 0. The van der Waals surface area contributed by atoms with Crippen molar-refractivity contribution in [3.63, 3.8) is 0 Å². The van der Waals surface area contributed by atoms with Gasteiger partial charge in [0.05, 0.1) is 0 Å². The molecule has 1 aromatic carbocycles. The van der Waals surface area contributed by atoms with E-state index in [4.69, 9.17) is 0 Å². The van der Waals surface area contributed by atoms with Crippen LogP contribution in [0.15, 0.2) is 24.3 Å². The molecule has 1 aliphatic rings. The van der Waals surface area contributed by atoms with Gasteiger partial charge in [0, 0.05) is 11.6 Å². The molecule has 0 amide bonds. The number of rotatable bonds is 4. The van der Waals surface area contributed by atoms with Crippen LogP contribution in [0.5, 0.6) is 0 Å². The fraction of sp³-hybridized carbons (Fsp3) is 0.429. The fourth-order valence-corrected chi connectivity index (χ4v) is 2.38. The summed E-state index contributed by atoms with van der Waals surface area (Å²) in [5.41, 5.74) is 2.41. The summed E-state index contributed by atoms with van der Waals surface area (Å²) >= 11 is 0. The van der Waals surface area contributed by atoms with Gasteiger partial charge in [0.1, 0.15) is 6.61 Å². The van der Waals surface area contributed by atoms with Gasteiger partial charge in [0.2, 0.25) is 0 Å². The molecule has 0 aliphatic heterocycles.